The molecule has 40 heavy (non-hydrogen) atoms. The Hall–Kier alpha value is -3.15. The normalized spacial score (nSPS) is 11.5. The number of phenols is 1. The third-order valence-electron chi connectivity index (χ3n) is 6.76. The first-order valence-corrected chi connectivity index (χ1v) is 14.8. The van der Waals surface area contributed by atoms with Gasteiger partial charge in [-0.1, -0.05) is 54.6 Å². The molecule has 4 rings (SSSR count). The molecule has 0 atom stereocenters. The van der Waals surface area contributed by atoms with Gasteiger partial charge >= 0.3 is 6.18 Å². The molecule has 8 heteroatoms. The van der Waals surface area contributed by atoms with Crippen LogP contribution < -0.4 is 37.6 Å². The van der Waals surface area contributed by atoms with Gasteiger partial charge in [0.05, 0.1) is 18.3 Å². The summed E-state index contributed by atoms with van der Waals surface area (Å²) in [5.41, 5.74) is -0.00281. The van der Waals surface area contributed by atoms with Crippen molar-refractivity contribution in [1.82, 2.24) is 0 Å². The minimum absolute atomic E-state index is 0. The number of benzene rings is 4. The van der Waals surface area contributed by atoms with Gasteiger partial charge in [-0.15, -0.1) is 0 Å². The highest BCUT2D eigenvalue weighted by Crippen LogP contribution is 2.55. The number of halogens is 4. The van der Waals surface area contributed by atoms with Crippen LogP contribution in [-0.2, 0) is 6.42 Å². The highest BCUT2D eigenvalue weighted by molar-refractivity contribution is 7.95. The zero-order valence-electron chi connectivity index (χ0n) is 22.1. The Balaban J connectivity index is 0.00000441. The van der Waals surface area contributed by atoms with Crippen molar-refractivity contribution in [2.75, 3.05) is 12.8 Å². The van der Waals surface area contributed by atoms with Crippen LogP contribution in [0.1, 0.15) is 35.7 Å². The molecule has 0 amide bonds. The van der Waals surface area contributed by atoms with Crippen LogP contribution in [0.3, 0.4) is 0 Å². The summed E-state index contributed by atoms with van der Waals surface area (Å²) >= 11 is 0. The number of hydrogen-bond donors (Lipinski definition) is 1. The van der Waals surface area contributed by atoms with E-state index in [0.29, 0.717) is 6.42 Å². The van der Waals surface area contributed by atoms with E-state index < -0.39 is 37.8 Å². The lowest BCUT2D eigenvalue weighted by atomic mass is 10.0. The van der Waals surface area contributed by atoms with E-state index in [1.165, 1.54) is 35.0 Å². The van der Waals surface area contributed by atoms with E-state index in [-0.39, 0.29) is 40.5 Å². The number of phenolic OH excluding ortho intramolecular Hbond substituents is 1. The Kier molecular flexibility index (Phi) is 11.0. The van der Waals surface area contributed by atoms with Gasteiger partial charge in [0.25, 0.3) is 0 Å². The Morgan fingerprint density at radius 3 is 1.70 bits per heavy atom. The summed E-state index contributed by atoms with van der Waals surface area (Å²) in [6.07, 6.45) is -4.59. The lowest BCUT2D eigenvalue weighted by molar-refractivity contribution is -0.134. The molecule has 3 nitrogen and oxygen atoms in total. The van der Waals surface area contributed by atoms with Crippen molar-refractivity contribution in [2.45, 2.75) is 32.4 Å². The summed E-state index contributed by atoms with van der Waals surface area (Å²) in [7, 11) is -2.07. The van der Waals surface area contributed by atoms with Gasteiger partial charge in [-0.2, -0.15) is 13.2 Å². The average molecular weight is 631 g/mol. The van der Waals surface area contributed by atoms with Crippen molar-refractivity contribution < 1.29 is 44.8 Å². The van der Waals surface area contributed by atoms with Gasteiger partial charge in [-0.25, -0.2) is 0 Å². The van der Waals surface area contributed by atoms with E-state index in [1.54, 1.807) is 0 Å². The Morgan fingerprint density at radius 1 is 0.800 bits per heavy atom. The third kappa shape index (κ3) is 7.32. The smallest absolute Gasteiger partial charge is 0.389 e. The maximum Gasteiger partial charge on any atom is 0.389 e. The first-order chi connectivity index (χ1) is 18.7. The van der Waals surface area contributed by atoms with Crippen LogP contribution >= 0.6 is 7.26 Å². The van der Waals surface area contributed by atoms with Gasteiger partial charge in [0, 0.05) is 18.4 Å². The Labute approximate surface area is 244 Å². The summed E-state index contributed by atoms with van der Waals surface area (Å²) < 4.78 is 45.0. The first-order valence-electron chi connectivity index (χ1n) is 12.8. The fourth-order valence-corrected chi connectivity index (χ4v) is 9.23. The number of rotatable bonds is 11. The second-order valence-corrected chi connectivity index (χ2v) is 13.0. The van der Waals surface area contributed by atoms with Crippen LogP contribution in [0.5, 0.6) is 11.5 Å². The molecule has 4 aromatic carbocycles. The van der Waals surface area contributed by atoms with Crippen molar-refractivity contribution in [1.29, 1.82) is 0 Å². The molecule has 4 aromatic rings. The predicted molar refractivity (Wildman–Crippen MR) is 153 cm³/mol. The number of ether oxygens (including phenoxy) is 1. The predicted octanol–water partition coefficient (Wildman–Crippen LogP) is 3.86. The molecule has 0 spiro atoms. The molecule has 0 aliphatic heterocycles. The van der Waals surface area contributed by atoms with Crippen LogP contribution in [0, 0.1) is 0 Å². The van der Waals surface area contributed by atoms with Crippen molar-refractivity contribution in [3.8, 4) is 11.5 Å². The maximum absolute atomic E-state index is 13.0. The number of carbonyl (C=O) groups is 1. The number of aromatic hydroxyl groups is 1. The van der Waals surface area contributed by atoms with Crippen LogP contribution in [0.15, 0.2) is 103 Å². The van der Waals surface area contributed by atoms with Gasteiger partial charge in [-0.3, -0.25) is 4.79 Å². The molecule has 0 saturated carbocycles. The molecule has 0 unspecified atom stereocenters. The van der Waals surface area contributed by atoms with Crippen molar-refractivity contribution in [2.24, 2.45) is 0 Å². The van der Waals surface area contributed by atoms with E-state index in [1.807, 2.05) is 54.6 Å². The molecule has 210 valence electrons. The number of alkyl halides is 3. The topological polar surface area (TPSA) is 46.5 Å². The highest BCUT2D eigenvalue weighted by atomic mass is 79.9. The zero-order chi connectivity index (χ0) is 27.9. The van der Waals surface area contributed by atoms with Gasteiger partial charge in [0.2, 0.25) is 0 Å². The molecular formula is C32H31BrF3O3P. The van der Waals surface area contributed by atoms with Crippen molar-refractivity contribution in [3.05, 3.63) is 114 Å². The molecule has 0 aromatic heterocycles. The highest BCUT2D eigenvalue weighted by Gasteiger charge is 2.44. The number of carbonyl (C=O) groups excluding carboxylic acids is 1. The third-order valence-corrected chi connectivity index (χ3v) is 11.3. The first kappa shape index (κ1) is 31.4. The largest absolute Gasteiger partial charge is 1.00 e. The van der Waals surface area contributed by atoms with E-state index in [0.717, 1.165) is 6.16 Å². The second kappa shape index (κ2) is 14.0. The summed E-state index contributed by atoms with van der Waals surface area (Å²) in [5.74, 6) is -0.691. The number of Topliss-reactive ketones (excluding diaryl/α,β-unsaturated/α-hetero) is 1. The van der Waals surface area contributed by atoms with Crippen LogP contribution in [0.25, 0.3) is 0 Å². The zero-order valence-corrected chi connectivity index (χ0v) is 24.6. The molecule has 1 N–H and O–H groups in total. The summed E-state index contributed by atoms with van der Waals surface area (Å²) in [4.78, 5) is 11.9. The van der Waals surface area contributed by atoms with E-state index in [4.69, 9.17) is 4.74 Å². The average Bonchev–Trinajstić information content (AvgIpc) is 2.93. The number of ketones is 1. The fraction of sp³-hybridized carbons (Fsp3) is 0.219. The maximum atomic E-state index is 13.0. The van der Waals surface area contributed by atoms with E-state index in [9.17, 15) is 23.1 Å². The minimum atomic E-state index is -4.40. The van der Waals surface area contributed by atoms with E-state index in [2.05, 4.69) is 36.4 Å². The van der Waals surface area contributed by atoms with E-state index >= 15 is 0 Å². The molecule has 0 radical (unpaired) electrons. The second-order valence-electron chi connectivity index (χ2n) is 9.35. The standard InChI is InChI=1S/C32H30F3O3P.BrH/c1-24(36)28-18-19-30(29(31(28)37)20-21-32(33,34)35)38-22-11-23-39(25-12-5-2-6-13-25,26-14-7-3-8-15-26)27-16-9-4-10-17-27;/h2-10,12-19H,11,20-23H2,1H3;1H. The fourth-order valence-electron chi connectivity index (χ4n) is 4.91. The molecule has 0 fully saturated rings. The van der Waals surface area contributed by atoms with Gasteiger partial charge < -0.3 is 26.8 Å². The molecule has 0 aliphatic carbocycles. The van der Waals surface area contributed by atoms with Gasteiger partial charge in [-0.05, 0) is 61.9 Å². The van der Waals surface area contributed by atoms with Crippen LogP contribution in [0.4, 0.5) is 13.2 Å². The molecule has 0 heterocycles. The van der Waals surface area contributed by atoms with Crippen molar-refractivity contribution in [3.63, 3.8) is 0 Å². The Bertz CT molecular complexity index is 1280. The minimum Gasteiger partial charge on any atom is -1.00 e. The van der Waals surface area contributed by atoms with Gasteiger partial charge in [0.15, 0.2) is 5.78 Å². The lowest BCUT2D eigenvalue weighted by Crippen LogP contribution is -3.00. The van der Waals surface area contributed by atoms with Gasteiger partial charge in [0.1, 0.15) is 34.7 Å². The summed E-state index contributed by atoms with van der Waals surface area (Å²) in [6.45, 7) is 1.51. The molecule has 0 bridgehead atoms. The molecule has 0 aliphatic rings. The molecular weight excluding hydrogens is 600 g/mol. The summed E-state index contributed by atoms with van der Waals surface area (Å²) in [6, 6.07) is 34.0. The number of hydrogen-bond acceptors (Lipinski definition) is 3. The quantitative estimate of drug-likeness (QED) is 0.156. The van der Waals surface area contributed by atoms with Crippen LogP contribution in [0.2, 0.25) is 0 Å². The molecule has 0 saturated heterocycles. The summed E-state index contributed by atoms with van der Waals surface area (Å²) in [5, 5.41) is 14.3. The monoisotopic (exact) mass is 630 g/mol. The Morgan fingerprint density at radius 2 is 1.27 bits per heavy atom. The lowest BCUT2D eigenvalue weighted by Gasteiger charge is -2.27. The van der Waals surface area contributed by atoms with Crippen LogP contribution in [-0.4, -0.2) is 29.8 Å². The SMILES string of the molecule is CC(=O)c1ccc(OCCC[P+](c2ccccc2)(c2ccccc2)c2ccccc2)c(CCC(F)(F)F)c1O.[Br-]. The van der Waals surface area contributed by atoms with Crippen molar-refractivity contribution >= 4 is 29.0 Å².